The van der Waals surface area contributed by atoms with Gasteiger partial charge in [-0.25, -0.2) is 0 Å². The van der Waals surface area contributed by atoms with Gasteiger partial charge < -0.3 is 14.6 Å². The molecule has 0 aliphatic carbocycles. The number of phenolic OH excluding ortho intramolecular Hbond substituents is 1. The molecule has 1 aromatic rings. The van der Waals surface area contributed by atoms with Crippen molar-refractivity contribution in [1.82, 2.24) is 0 Å². The zero-order chi connectivity index (χ0) is 26.2. The topological polar surface area (TPSA) is 93.1 Å². The van der Waals surface area contributed by atoms with Crippen molar-refractivity contribution in [1.29, 1.82) is 0 Å². The van der Waals surface area contributed by atoms with Gasteiger partial charge in [0.05, 0.1) is 14.2 Å². The molecular weight excluding hydrogens is 440 g/mol. The second kappa shape index (κ2) is 10.0. The Morgan fingerprint density at radius 1 is 0.939 bits per heavy atom. The van der Waals surface area contributed by atoms with E-state index in [0.29, 0.717) is 17.0 Å². The van der Waals surface area contributed by atoms with E-state index in [-0.39, 0.29) is 33.7 Å². The Morgan fingerprint density at radius 2 is 1.42 bits per heavy atom. The zero-order valence-electron chi connectivity index (χ0n) is 22.7. The molecule has 0 fully saturated rings. The molecule has 0 aliphatic heterocycles. The first-order chi connectivity index (χ1) is 14.8. The summed E-state index contributed by atoms with van der Waals surface area (Å²) in [6.07, 6.45) is 2.75. The van der Waals surface area contributed by atoms with Crippen LogP contribution < -0.4 is 9.47 Å². The van der Waals surface area contributed by atoms with Crippen molar-refractivity contribution < 1.29 is 27.6 Å². The Morgan fingerprint density at radius 3 is 1.79 bits per heavy atom. The first kappa shape index (κ1) is 29.6. The predicted octanol–water partition coefficient (Wildman–Crippen LogP) is 6.97. The minimum absolute atomic E-state index is 0.0528. The number of hydrogen-bond donors (Lipinski definition) is 2. The maximum atomic E-state index is 12.4. The van der Waals surface area contributed by atoms with Gasteiger partial charge in [0.15, 0.2) is 11.5 Å². The lowest BCUT2D eigenvalue weighted by Gasteiger charge is -2.49. The summed E-state index contributed by atoms with van der Waals surface area (Å²) in [5.74, 6) is -0.310. The second-order valence-corrected chi connectivity index (χ2v) is 13.3. The van der Waals surface area contributed by atoms with Crippen LogP contribution in [0.3, 0.4) is 0 Å². The Kier molecular flexibility index (Phi) is 8.98. The van der Waals surface area contributed by atoms with Crippen LogP contribution in [-0.2, 0) is 10.1 Å². The first-order valence-corrected chi connectivity index (χ1v) is 13.2. The van der Waals surface area contributed by atoms with Gasteiger partial charge in [-0.3, -0.25) is 4.55 Å². The van der Waals surface area contributed by atoms with E-state index in [4.69, 9.17) is 9.47 Å². The van der Waals surface area contributed by atoms with Crippen molar-refractivity contribution in [2.45, 2.75) is 99.3 Å². The highest BCUT2D eigenvalue weighted by Crippen LogP contribution is 2.60. The Labute approximate surface area is 201 Å². The minimum Gasteiger partial charge on any atom is -0.502 e. The van der Waals surface area contributed by atoms with Crippen molar-refractivity contribution in [3.05, 3.63) is 11.1 Å². The van der Waals surface area contributed by atoms with Gasteiger partial charge in [-0.05, 0) is 53.4 Å². The molecule has 33 heavy (non-hydrogen) atoms. The highest BCUT2D eigenvalue weighted by Gasteiger charge is 2.47. The van der Waals surface area contributed by atoms with E-state index in [0.717, 1.165) is 19.3 Å². The summed E-state index contributed by atoms with van der Waals surface area (Å²) in [5, 5.41) is 11.1. The second-order valence-electron chi connectivity index (χ2n) is 12.0. The van der Waals surface area contributed by atoms with Gasteiger partial charge in [-0.2, -0.15) is 8.42 Å². The highest BCUT2D eigenvalue weighted by atomic mass is 32.2. The maximum absolute atomic E-state index is 12.4. The van der Waals surface area contributed by atoms with Crippen LogP contribution in [0.15, 0.2) is 4.90 Å². The molecule has 0 saturated carbocycles. The van der Waals surface area contributed by atoms with E-state index in [2.05, 4.69) is 62.3 Å². The number of hydrogen-bond acceptors (Lipinski definition) is 5. The molecule has 1 rings (SSSR count). The van der Waals surface area contributed by atoms with Crippen LogP contribution in [0.4, 0.5) is 0 Å². The highest BCUT2D eigenvalue weighted by molar-refractivity contribution is 7.86. The molecule has 0 heterocycles. The molecular formula is C26H46O6S. The average Bonchev–Trinajstić information content (AvgIpc) is 2.60. The van der Waals surface area contributed by atoms with Crippen molar-refractivity contribution >= 4 is 10.1 Å². The molecule has 0 amide bonds. The molecule has 0 saturated heterocycles. The van der Waals surface area contributed by atoms with Gasteiger partial charge in [-0.15, -0.1) is 0 Å². The largest absolute Gasteiger partial charge is 0.502 e. The van der Waals surface area contributed by atoms with E-state index < -0.39 is 20.8 Å². The first-order valence-electron chi connectivity index (χ1n) is 11.7. The van der Waals surface area contributed by atoms with Crippen LogP contribution in [0.25, 0.3) is 0 Å². The van der Waals surface area contributed by atoms with Gasteiger partial charge in [0.1, 0.15) is 4.90 Å². The third-order valence-corrected chi connectivity index (χ3v) is 7.98. The third-order valence-electron chi connectivity index (χ3n) is 6.97. The van der Waals surface area contributed by atoms with Gasteiger partial charge in [0.2, 0.25) is 5.75 Å². The van der Waals surface area contributed by atoms with E-state index in [1.807, 2.05) is 0 Å². The average molecular weight is 487 g/mol. The lowest BCUT2D eigenvalue weighted by Crippen LogP contribution is -2.39. The van der Waals surface area contributed by atoms with Crippen molar-refractivity contribution in [3.63, 3.8) is 0 Å². The Bertz CT molecular complexity index is 942. The fourth-order valence-electron chi connectivity index (χ4n) is 6.33. The van der Waals surface area contributed by atoms with E-state index in [1.165, 1.54) is 14.2 Å². The molecule has 192 valence electrons. The third kappa shape index (κ3) is 6.36. The molecule has 7 heteroatoms. The fraction of sp³-hybridized carbons (Fsp3) is 0.769. The molecule has 0 bridgehead atoms. The lowest BCUT2D eigenvalue weighted by molar-refractivity contribution is 0.0697. The van der Waals surface area contributed by atoms with Crippen LogP contribution in [0, 0.1) is 29.1 Å². The number of aromatic hydroxyl groups is 1. The molecule has 0 radical (unpaired) electrons. The van der Waals surface area contributed by atoms with E-state index >= 15 is 0 Å². The lowest BCUT2D eigenvalue weighted by atomic mass is 9.55. The van der Waals surface area contributed by atoms with Crippen LogP contribution in [0.5, 0.6) is 17.2 Å². The maximum Gasteiger partial charge on any atom is 0.298 e. The van der Waals surface area contributed by atoms with Crippen molar-refractivity contribution in [2.75, 3.05) is 14.2 Å². The molecule has 1 atom stereocenters. The summed E-state index contributed by atoms with van der Waals surface area (Å²) in [7, 11) is -1.96. The number of phenols is 1. The predicted molar refractivity (Wildman–Crippen MR) is 134 cm³/mol. The van der Waals surface area contributed by atoms with Crippen LogP contribution in [0.1, 0.15) is 98.6 Å². The summed E-state index contributed by atoms with van der Waals surface area (Å²) in [5.41, 5.74) is 0.418. The number of ether oxygens (including phenoxy) is 2. The number of benzene rings is 1. The summed E-state index contributed by atoms with van der Waals surface area (Å²) >= 11 is 0. The van der Waals surface area contributed by atoms with E-state index in [9.17, 15) is 18.1 Å². The van der Waals surface area contributed by atoms with Gasteiger partial charge in [0.25, 0.3) is 10.1 Å². The molecule has 1 unspecified atom stereocenters. The van der Waals surface area contributed by atoms with E-state index in [1.54, 1.807) is 6.92 Å². The van der Waals surface area contributed by atoms with Crippen molar-refractivity contribution in [3.8, 4) is 17.2 Å². The Hall–Kier alpha value is -1.47. The van der Waals surface area contributed by atoms with Crippen LogP contribution >= 0.6 is 0 Å². The minimum atomic E-state index is -4.67. The Balaban J connectivity index is 4.21. The summed E-state index contributed by atoms with van der Waals surface area (Å²) < 4.78 is 45.9. The monoisotopic (exact) mass is 486 g/mol. The number of methoxy groups -OCH3 is 2. The summed E-state index contributed by atoms with van der Waals surface area (Å²) in [6, 6.07) is 0. The van der Waals surface area contributed by atoms with Gasteiger partial charge >= 0.3 is 0 Å². The van der Waals surface area contributed by atoms with Crippen molar-refractivity contribution in [2.24, 2.45) is 22.2 Å². The van der Waals surface area contributed by atoms with Crippen LogP contribution in [-0.4, -0.2) is 32.3 Å². The smallest absolute Gasteiger partial charge is 0.298 e. The SMILES string of the molecule is CCC(C)(C)CC(C)(C)C(c1c(C)c(S(=O)(=O)O)c(OC)c(O)c1OC)C(C)(C)CC(C)C. The standard InChI is InChI=1S/C26H46O6S/c1-13-24(5,6)15-26(9,10)23(25(7,8)14-16(2)3)18-17(4)22(33(28,29)30)21(32-12)19(27)20(18)31-11/h16,23,27H,13-15H2,1-12H3,(H,28,29,30). The molecule has 2 N–H and O–H groups in total. The molecule has 1 aromatic carbocycles. The van der Waals surface area contributed by atoms with Gasteiger partial charge in [0, 0.05) is 5.56 Å². The van der Waals surface area contributed by atoms with Crippen LogP contribution in [0.2, 0.25) is 0 Å². The van der Waals surface area contributed by atoms with Gasteiger partial charge in [-0.1, -0.05) is 68.7 Å². The molecule has 6 nitrogen and oxygen atoms in total. The molecule has 0 spiro atoms. The zero-order valence-corrected chi connectivity index (χ0v) is 23.5. The summed E-state index contributed by atoms with van der Waals surface area (Å²) in [6.45, 7) is 21.4. The normalized spacial score (nSPS) is 14.5. The quantitative estimate of drug-likeness (QED) is 0.328. The fourth-order valence-corrected chi connectivity index (χ4v) is 7.24. The summed E-state index contributed by atoms with van der Waals surface area (Å²) in [4.78, 5) is -0.408. The molecule has 0 aromatic heterocycles. The molecule has 0 aliphatic rings. The number of rotatable bonds is 11.